The molecule has 0 aliphatic rings. The molecule has 0 fully saturated rings. The summed E-state index contributed by atoms with van der Waals surface area (Å²) in [7, 11) is 1.41. The smallest absolute Gasteiger partial charge is 0.319 e. The second-order valence-electron chi connectivity index (χ2n) is 1.35. The van der Waals surface area contributed by atoms with Gasteiger partial charge < -0.3 is 10.3 Å². The lowest BCUT2D eigenvalue weighted by Gasteiger charge is -2.08. The third kappa shape index (κ3) is 3.54. The molecule has 0 saturated heterocycles. The summed E-state index contributed by atoms with van der Waals surface area (Å²) in [6, 6.07) is 0. The average Bonchev–Trinajstić information content (AvgIpc) is 1.65. The summed E-state index contributed by atoms with van der Waals surface area (Å²) in [5, 5.41) is 17.0. The van der Waals surface area contributed by atoms with Gasteiger partial charge in [-0.1, -0.05) is 0 Å². The Morgan fingerprint density at radius 3 is 2.50 bits per heavy atom. The summed E-state index contributed by atoms with van der Waals surface area (Å²) >= 11 is 0. The van der Waals surface area contributed by atoms with Crippen molar-refractivity contribution in [1.82, 2.24) is 10.6 Å². The zero-order chi connectivity index (χ0) is 6.57. The van der Waals surface area contributed by atoms with Crippen LogP contribution in [0.2, 0.25) is 0 Å². The molecule has 0 spiro atoms. The highest BCUT2D eigenvalue weighted by atomic mass is 16.5. The van der Waals surface area contributed by atoms with E-state index in [1.165, 1.54) is 7.05 Å². The first-order valence-electron chi connectivity index (χ1n) is 1.99. The Hall–Kier alpha value is -0.650. The first-order valence-corrected chi connectivity index (χ1v) is 1.99. The van der Waals surface area contributed by atoms with Gasteiger partial charge in [0.15, 0.2) is 0 Å². The standard InChI is InChI=1S/C3H8N2O3/c1-5(4-8)2-3(6)7/h4,8H,2H2,1H3,(H,6,7). The number of carboxylic acids is 1. The molecule has 0 saturated carbocycles. The summed E-state index contributed by atoms with van der Waals surface area (Å²) in [6.45, 7) is -0.226. The number of nitrogens with one attached hydrogen (secondary N) is 1. The first-order chi connectivity index (χ1) is 3.66. The second-order valence-corrected chi connectivity index (χ2v) is 1.35. The quantitative estimate of drug-likeness (QED) is 0.412. The number of aliphatic carboxylic acids is 1. The van der Waals surface area contributed by atoms with Gasteiger partial charge in [-0.3, -0.25) is 4.79 Å². The number of likely N-dealkylation sites (N-methyl/N-ethyl adjacent to an activating group) is 1. The number of hydrazine groups is 1. The van der Waals surface area contributed by atoms with Gasteiger partial charge in [0.1, 0.15) is 6.54 Å². The van der Waals surface area contributed by atoms with Gasteiger partial charge in [-0.25, -0.2) is 5.01 Å². The Labute approximate surface area is 46.5 Å². The highest BCUT2D eigenvalue weighted by molar-refractivity contribution is 5.68. The van der Waals surface area contributed by atoms with Crippen molar-refractivity contribution in [3.8, 4) is 0 Å². The van der Waals surface area contributed by atoms with E-state index in [-0.39, 0.29) is 6.54 Å². The van der Waals surface area contributed by atoms with Crippen LogP contribution in [0.5, 0.6) is 0 Å². The predicted octanol–water partition coefficient (Wildman–Crippen LogP) is -1.10. The summed E-state index contributed by atoms with van der Waals surface area (Å²) in [5.41, 5.74) is 1.65. The molecule has 0 aromatic rings. The van der Waals surface area contributed by atoms with Gasteiger partial charge in [-0.15, -0.1) is 5.59 Å². The molecule has 0 unspecified atom stereocenters. The second kappa shape index (κ2) is 3.36. The lowest BCUT2D eigenvalue weighted by atomic mass is 10.7. The third-order valence-electron chi connectivity index (χ3n) is 0.543. The van der Waals surface area contributed by atoms with Crippen LogP contribution in [0.4, 0.5) is 0 Å². The van der Waals surface area contributed by atoms with Crippen LogP contribution in [-0.4, -0.2) is 34.9 Å². The van der Waals surface area contributed by atoms with E-state index < -0.39 is 5.97 Å². The van der Waals surface area contributed by atoms with E-state index in [9.17, 15) is 4.79 Å². The van der Waals surface area contributed by atoms with Crippen molar-refractivity contribution < 1.29 is 15.1 Å². The highest BCUT2D eigenvalue weighted by Gasteiger charge is 1.99. The zero-order valence-electron chi connectivity index (χ0n) is 4.46. The molecular formula is C3H8N2O3. The van der Waals surface area contributed by atoms with E-state index in [1.54, 1.807) is 5.59 Å². The Bertz CT molecular complexity index is 84.6. The summed E-state index contributed by atoms with van der Waals surface area (Å²) in [4.78, 5) is 9.78. The summed E-state index contributed by atoms with van der Waals surface area (Å²) < 4.78 is 0. The number of carbonyl (C=O) groups is 1. The Morgan fingerprint density at radius 1 is 1.88 bits per heavy atom. The van der Waals surface area contributed by atoms with Gasteiger partial charge in [0.2, 0.25) is 0 Å². The molecule has 0 aromatic heterocycles. The fraction of sp³-hybridized carbons (Fsp3) is 0.667. The first kappa shape index (κ1) is 7.35. The van der Waals surface area contributed by atoms with Crippen molar-refractivity contribution in [3.63, 3.8) is 0 Å². The monoisotopic (exact) mass is 120 g/mol. The number of hydrogen-bond acceptors (Lipinski definition) is 4. The molecule has 0 atom stereocenters. The molecule has 0 radical (unpaired) electrons. The van der Waals surface area contributed by atoms with Crippen LogP contribution in [0.1, 0.15) is 0 Å². The molecule has 0 rings (SSSR count). The van der Waals surface area contributed by atoms with Gasteiger partial charge in [0, 0.05) is 7.05 Å². The van der Waals surface area contributed by atoms with Crippen LogP contribution in [0.25, 0.3) is 0 Å². The number of nitrogens with zero attached hydrogens (tertiary/aromatic N) is 1. The van der Waals surface area contributed by atoms with Crippen LogP contribution in [-0.2, 0) is 4.79 Å². The van der Waals surface area contributed by atoms with Crippen molar-refractivity contribution in [2.24, 2.45) is 0 Å². The van der Waals surface area contributed by atoms with E-state index in [0.717, 1.165) is 5.01 Å². The Kier molecular flexibility index (Phi) is 3.09. The molecule has 0 aliphatic heterocycles. The van der Waals surface area contributed by atoms with E-state index in [1.807, 2.05) is 0 Å². The molecule has 0 aromatic carbocycles. The van der Waals surface area contributed by atoms with Gasteiger partial charge in [-0.2, -0.15) is 0 Å². The maximum atomic E-state index is 9.78. The molecule has 5 heteroatoms. The number of rotatable bonds is 3. The minimum absolute atomic E-state index is 0.226. The maximum Gasteiger partial charge on any atom is 0.319 e. The van der Waals surface area contributed by atoms with Gasteiger partial charge in [0.05, 0.1) is 0 Å². The average molecular weight is 120 g/mol. The van der Waals surface area contributed by atoms with Crippen molar-refractivity contribution >= 4 is 5.97 Å². The minimum Gasteiger partial charge on any atom is -0.480 e. The molecule has 0 bridgehead atoms. The van der Waals surface area contributed by atoms with Crippen molar-refractivity contribution in [1.29, 1.82) is 0 Å². The Balaban J connectivity index is 3.24. The molecule has 0 amide bonds. The number of carboxylic acid groups (broad SMARTS) is 1. The molecular weight excluding hydrogens is 112 g/mol. The summed E-state index contributed by atoms with van der Waals surface area (Å²) in [5.74, 6) is -0.992. The fourth-order valence-corrected chi connectivity index (χ4v) is 0.238. The van der Waals surface area contributed by atoms with Gasteiger partial charge >= 0.3 is 5.97 Å². The van der Waals surface area contributed by atoms with Crippen LogP contribution in [0.3, 0.4) is 0 Å². The van der Waals surface area contributed by atoms with E-state index in [4.69, 9.17) is 10.3 Å². The molecule has 3 N–H and O–H groups in total. The fourth-order valence-electron chi connectivity index (χ4n) is 0.238. The summed E-state index contributed by atoms with van der Waals surface area (Å²) in [6.07, 6.45) is 0. The minimum atomic E-state index is -0.992. The lowest BCUT2D eigenvalue weighted by Crippen LogP contribution is -2.35. The van der Waals surface area contributed by atoms with Crippen molar-refractivity contribution in [2.45, 2.75) is 0 Å². The largest absolute Gasteiger partial charge is 0.480 e. The molecule has 48 valence electrons. The van der Waals surface area contributed by atoms with Crippen LogP contribution >= 0.6 is 0 Å². The van der Waals surface area contributed by atoms with Crippen LogP contribution in [0.15, 0.2) is 0 Å². The van der Waals surface area contributed by atoms with E-state index in [0.29, 0.717) is 0 Å². The zero-order valence-corrected chi connectivity index (χ0v) is 4.46. The van der Waals surface area contributed by atoms with E-state index in [2.05, 4.69) is 0 Å². The normalized spacial score (nSPS) is 9.88. The maximum absolute atomic E-state index is 9.78. The van der Waals surface area contributed by atoms with Crippen LogP contribution in [0, 0.1) is 0 Å². The highest BCUT2D eigenvalue weighted by Crippen LogP contribution is 1.69. The third-order valence-corrected chi connectivity index (χ3v) is 0.543. The molecule has 0 heterocycles. The van der Waals surface area contributed by atoms with Crippen LogP contribution < -0.4 is 5.59 Å². The topological polar surface area (TPSA) is 72.8 Å². The van der Waals surface area contributed by atoms with Crippen molar-refractivity contribution in [3.05, 3.63) is 0 Å². The van der Waals surface area contributed by atoms with Crippen molar-refractivity contribution in [2.75, 3.05) is 13.6 Å². The number of hydrogen-bond donors (Lipinski definition) is 3. The molecule has 0 aliphatic carbocycles. The molecule has 5 nitrogen and oxygen atoms in total. The van der Waals surface area contributed by atoms with E-state index >= 15 is 0 Å². The molecule has 8 heavy (non-hydrogen) atoms. The predicted molar refractivity (Wildman–Crippen MR) is 25.2 cm³/mol. The Morgan fingerprint density at radius 2 is 2.38 bits per heavy atom. The van der Waals surface area contributed by atoms with Gasteiger partial charge in [-0.05, 0) is 0 Å². The SMILES string of the molecule is CN(CC(=O)O)NO. The van der Waals surface area contributed by atoms with Gasteiger partial charge in [0.25, 0.3) is 0 Å². The lowest BCUT2D eigenvalue weighted by molar-refractivity contribution is -0.141.